The molecule has 3 heterocycles. The third-order valence-electron chi connectivity index (χ3n) is 5.59. The van der Waals surface area contributed by atoms with Gasteiger partial charge in [0.1, 0.15) is 5.69 Å². The minimum Gasteiger partial charge on any atom is -0.266 e. The van der Waals surface area contributed by atoms with Crippen LogP contribution < -0.4 is 10.1 Å². The van der Waals surface area contributed by atoms with Crippen LogP contribution in [0.5, 0.6) is 0 Å². The van der Waals surface area contributed by atoms with E-state index >= 15 is 0 Å². The molecule has 8 heteroatoms. The molecule has 0 amide bonds. The SMILES string of the molecule is O=c1c(=Cc2cn(-c3ccccc3)nc2-c2ccc(Cl)cc2)sc2nc(C=Cc3ccccc3)nn12. The standard InChI is InChI=1S/C28H18ClN5OS/c29-22-14-12-20(13-15-22)26-21(18-33(32-26)23-9-5-2-6-10-23)17-24-27(35)34-28(36-24)30-25(31-34)16-11-19-7-3-1-4-8-19/h1-18H. The van der Waals surface area contributed by atoms with Crippen molar-refractivity contribution in [1.29, 1.82) is 0 Å². The van der Waals surface area contributed by atoms with E-state index in [0.717, 1.165) is 28.1 Å². The zero-order valence-corrected chi connectivity index (χ0v) is 20.4. The van der Waals surface area contributed by atoms with Gasteiger partial charge in [-0.05, 0) is 42.0 Å². The Morgan fingerprint density at radius 1 is 0.833 bits per heavy atom. The molecule has 0 aliphatic carbocycles. The predicted molar refractivity (Wildman–Crippen MR) is 145 cm³/mol. The van der Waals surface area contributed by atoms with Crippen LogP contribution in [0.1, 0.15) is 17.0 Å². The van der Waals surface area contributed by atoms with E-state index in [9.17, 15) is 4.79 Å². The highest BCUT2D eigenvalue weighted by Gasteiger charge is 2.14. The fourth-order valence-electron chi connectivity index (χ4n) is 3.83. The second-order valence-electron chi connectivity index (χ2n) is 8.04. The second-order valence-corrected chi connectivity index (χ2v) is 9.49. The molecule has 0 N–H and O–H groups in total. The van der Waals surface area contributed by atoms with Gasteiger partial charge in [-0.1, -0.05) is 89.7 Å². The topological polar surface area (TPSA) is 65.1 Å². The van der Waals surface area contributed by atoms with E-state index in [-0.39, 0.29) is 5.56 Å². The highest BCUT2D eigenvalue weighted by molar-refractivity contribution is 7.15. The minimum atomic E-state index is -0.212. The quantitative estimate of drug-likeness (QED) is 0.314. The van der Waals surface area contributed by atoms with Crippen molar-refractivity contribution in [2.45, 2.75) is 0 Å². The van der Waals surface area contributed by atoms with Crippen LogP contribution in [0.2, 0.25) is 5.02 Å². The second kappa shape index (κ2) is 9.37. The van der Waals surface area contributed by atoms with Crippen molar-refractivity contribution in [2.24, 2.45) is 0 Å². The average molecular weight is 508 g/mol. The normalized spacial score (nSPS) is 12.2. The van der Waals surface area contributed by atoms with Crippen LogP contribution in [0.4, 0.5) is 0 Å². The highest BCUT2D eigenvalue weighted by Crippen LogP contribution is 2.26. The Labute approximate surface area is 215 Å². The summed E-state index contributed by atoms with van der Waals surface area (Å²) in [6, 6.07) is 27.2. The van der Waals surface area contributed by atoms with Gasteiger partial charge < -0.3 is 0 Å². The number of fused-ring (bicyclic) bond motifs is 1. The lowest BCUT2D eigenvalue weighted by atomic mass is 10.1. The van der Waals surface area contributed by atoms with E-state index in [1.165, 1.54) is 15.9 Å². The molecule has 0 aliphatic heterocycles. The first-order valence-corrected chi connectivity index (χ1v) is 12.4. The van der Waals surface area contributed by atoms with E-state index in [1.807, 2.05) is 108 Å². The molecular formula is C28H18ClN5OS. The van der Waals surface area contributed by atoms with Gasteiger partial charge in [-0.3, -0.25) is 4.79 Å². The first-order chi connectivity index (χ1) is 17.6. The maximum absolute atomic E-state index is 13.2. The van der Waals surface area contributed by atoms with Crippen LogP contribution >= 0.6 is 22.9 Å². The van der Waals surface area contributed by atoms with Gasteiger partial charge in [0.15, 0.2) is 5.82 Å². The van der Waals surface area contributed by atoms with E-state index in [1.54, 1.807) is 6.08 Å². The Kier molecular flexibility index (Phi) is 5.77. The summed E-state index contributed by atoms with van der Waals surface area (Å²) in [4.78, 5) is 18.2. The lowest BCUT2D eigenvalue weighted by Crippen LogP contribution is -2.23. The van der Waals surface area contributed by atoms with E-state index in [4.69, 9.17) is 16.7 Å². The molecule has 0 saturated heterocycles. The van der Waals surface area contributed by atoms with E-state index < -0.39 is 0 Å². The van der Waals surface area contributed by atoms with Gasteiger partial charge >= 0.3 is 0 Å². The van der Waals surface area contributed by atoms with Crippen LogP contribution in [0.25, 0.3) is 40.1 Å². The molecule has 3 aromatic carbocycles. The number of para-hydroxylation sites is 1. The molecule has 0 aliphatic rings. The fraction of sp³-hybridized carbons (Fsp3) is 0. The van der Waals surface area contributed by atoms with Crippen LogP contribution in [0.15, 0.2) is 95.9 Å². The summed E-state index contributed by atoms with van der Waals surface area (Å²) in [5.74, 6) is 0.493. The van der Waals surface area contributed by atoms with Gasteiger partial charge in [0.25, 0.3) is 5.56 Å². The van der Waals surface area contributed by atoms with E-state index in [2.05, 4.69) is 10.1 Å². The Bertz CT molecular complexity index is 1800. The molecule has 0 unspecified atom stereocenters. The minimum absolute atomic E-state index is 0.212. The van der Waals surface area contributed by atoms with E-state index in [0.29, 0.717) is 20.3 Å². The first-order valence-electron chi connectivity index (χ1n) is 11.2. The number of hydrogen-bond acceptors (Lipinski definition) is 5. The molecule has 36 heavy (non-hydrogen) atoms. The van der Waals surface area contributed by atoms with Gasteiger partial charge in [-0.2, -0.15) is 14.6 Å². The molecule has 0 spiro atoms. The Balaban J connectivity index is 1.42. The number of thiazole rings is 1. The van der Waals surface area contributed by atoms with Crippen LogP contribution in [-0.2, 0) is 0 Å². The molecule has 0 bridgehead atoms. The molecular weight excluding hydrogens is 490 g/mol. The monoisotopic (exact) mass is 507 g/mol. The predicted octanol–water partition coefficient (Wildman–Crippen LogP) is 5.38. The summed E-state index contributed by atoms with van der Waals surface area (Å²) >= 11 is 7.40. The first kappa shape index (κ1) is 22.2. The summed E-state index contributed by atoms with van der Waals surface area (Å²) < 4.78 is 3.69. The number of hydrogen-bond donors (Lipinski definition) is 0. The van der Waals surface area contributed by atoms with Crippen LogP contribution in [0.3, 0.4) is 0 Å². The zero-order valence-electron chi connectivity index (χ0n) is 18.8. The fourth-order valence-corrected chi connectivity index (χ4v) is 4.87. The molecule has 6 aromatic rings. The van der Waals surface area contributed by atoms with Gasteiger partial charge in [0.2, 0.25) is 4.96 Å². The third kappa shape index (κ3) is 4.37. The van der Waals surface area contributed by atoms with Gasteiger partial charge in [0.05, 0.1) is 10.2 Å². The van der Waals surface area contributed by atoms with Gasteiger partial charge in [-0.25, -0.2) is 4.68 Å². The largest absolute Gasteiger partial charge is 0.291 e. The Hall–Kier alpha value is -4.33. The van der Waals surface area contributed by atoms with Crippen molar-refractivity contribution in [2.75, 3.05) is 0 Å². The number of benzene rings is 3. The van der Waals surface area contributed by atoms with Crippen molar-refractivity contribution >= 4 is 46.1 Å². The van der Waals surface area contributed by atoms with Crippen molar-refractivity contribution in [3.63, 3.8) is 0 Å². The molecule has 174 valence electrons. The molecule has 6 rings (SSSR count). The number of rotatable bonds is 5. The maximum Gasteiger partial charge on any atom is 0.291 e. The van der Waals surface area contributed by atoms with Gasteiger partial charge in [0, 0.05) is 22.3 Å². The summed E-state index contributed by atoms with van der Waals surface area (Å²) in [6.45, 7) is 0. The molecule has 6 nitrogen and oxygen atoms in total. The summed E-state index contributed by atoms with van der Waals surface area (Å²) in [5, 5.41) is 9.86. The lowest BCUT2D eigenvalue weighted by Gasteiger charge is -2.00. The molecule has 0 saturated carbocycles. The number of nitrogens with zero attached hydrogens (tertiary/aromatic N) is 5. The van der Waals surface area contributed by atoms with Crippen molar-refractivity contribution in [3.8, 4) is 16.9 Å². The number of aromatic nitrogens is 5. The van der Waals surface area contributed by atoms with Crippen molar-refractivity contribution in [3.05, 3.63) is 128 Å². The van der Waals surface area contributed by atoms with Crippen LogP contribution in [-0.4, -0.2) is 24.4 Å². The maximum atomic E-state index is 13.2. The molecule has 0 radical (unpaired) electrons. The molecule has 0 atom stereocenters. The summed E-state index contributed by atoms with van der Waals surface area (Å²) in [6.07, 6.45) is 7.50. The zero-order chi connectivity index (χ0) is 24.5. The van der Waals surface area contributed by atoms with Crippen LogP contribution in [0, 0.1) is 0 Å². The molecule has 3 aromatic heterocycles. The van der Waals surface area contributed by atoms with Crippen molar-refractivity contribution < 1.29 is 0 Å². The summed E-state index contributed by atoms with van der Waals surface area (Å²) in [7, 11) is 0. The Morgan fingerprint density at radius 2 is 1.56 bits per heavy atom. The Morgan fingerprint density at radius 3 is 2.28 bits per heavy atom. The molecule has 0 fully saturated rings. The lowest BCUT2D eigenvalue weighted by molar-refractivity contribution is 0.884. The number of halogens is 1. The van der Waals surface area contributed by atoms with Gasteiger partial charge in [-0.15, -0.1) is 5.10 Å². The van der Waals surface area contributed by atoms with Crippen molar-refractivity contribution in [1.82, 2.24) is 24.4 Å². The average Bonchev–Trinajstić information content (AvgIpc) is 3.59. The summed E-state index contributed by atoms with van der Waals surface area (Å²) in [5.41, 5.74) is 4.22. The smallest absolute Gasteiger partial charge is 0.266 e. The third-order valence-corrected chi connectivity index (χ3v) is 6.80. The highest BCUT2D eigenvalue weighted by atomic mass is 35.5.